The second-order valence-electron chi connectivity index (χ2n) is 14.0. The van der Waals surface area contributed by atoms with E-state index in [1.807, 2.05) is 0 Å². The summed E-state index contributed by atoms with van der Waals surface area (Å²) in [5.74, 6) is 0.419. The van der Waals surface area contributed by atoms with Crippen LogP contribution in [0.15, 0.2) is 18.2 Å². The fraction of sp³-hybridized carbons (Fsp3) is 0.529. The van der Waals surface area contributed by atoms with Crippen LogP contribution in [0.4, 0.5) is 24.0 Å². The lowest BCUT2D eigenvalue weighted by molar-refractivity contribution is 0.107. The minimum atomic E-state index is -0.890. The van der Waals surface area contributed by atoms with Crippen LogP contribution in [0.25, 0.3) is 32.1 Å². The Labute approximate surface area is 274 Å². The van der Waals surface area contributed by atoms with Gasteiger partial charge >= 0.3 is 6.01 Å². The molecule has 4 atom stereocenters. The Kier molecular flexibility index (Phi) is 6.90. The van der Waals surface area contributed by atoms with Gasteiger partial charge in [0, 0.05) is 48.4 Å². The first-order valence-corrected chi connectivity index (χ1v) is 17.7. The number of nitrogens with one attached hydrogen (secondary N) is 1. The van der Waals surface area contributed by atoms with E-state index >= 15 is 8.78 Å². The van der Waals surface area contributed by atoms with Crippen molar-refractivity contribution in [2.45, 2.75) is 68.6 Å². The van der Waals surface area contributed by atoms with Crippen LogP contribution >= 0.6 is 22.9 Å². The van der Waals surface area contributed by atoms with Crippen molar-refractivity contribution >= 4 is 54.7 Å². The van der Waals surface area contributed by atoms with E-state index in [0.29, 0.717) is 56.8 Å². The van der Waals surface area contributed by atoms with E-state index in [1.54, 1.807) is 12.1 Å². The zero-order valence-electron chi connectivity index (χ0n) is 25.4. The van der Waals surface area contributed by atoms with Crippen molar-refractivity contribution in [1.82, 2.24) is 20.2 Å². The van der Waals surface area contributed by atoms with Crippen LogP contribution in [0.1, 0.15) is 56.4 Å². The van der Waals surface area contributed by atoms with Gasteiger partial charge in [-0.1, -0.05) is 17.7 Å². The molecule has 6 heterocycles. The van der Waals surface area contributed by atoms with Gasteiger partial charge in [0.2, 0.25) is 0 Å². The van der Waals surface area contributed by atoms with Gasteiger partial charge in [0.1, 0.15) is 29.9 Å². The van der Waals surface area contributed by atoms with Gasteiger partial charge in [-0.05, 0) is 86.7 Å². The van der Waals surface area contributed by atoms with Crippen molar-refractivity contribution < 1.29 is 17.9 Å². The van der Waals surface area contributed by atoms with Crippen LogP contribution in [0.3, 0.4) is 0 Å². The predicted molar refractivity (Wildman–Crippen MR) is 177 cm³/mol. The maximum atomic E-state index is 17.1. The fourth-order valence-electron chi connectivity index (χ4n) is 8.71. The molecule has 3 N–H and O–H groups in total. The Morgan fingerprint density at radius 3 is 2.87 bits per heavy atom. The molecule has 242 valence electrons. The molecule has 1 aliphatic carbocycles. The highest BCUT2D eigenvalue weighted by atomic mass is 35.5. The Bertz CT molecular complexity index is 1890. The third kappa shape index (κ3) is 4.67. The zero-order valence-corrected chi connectivity index (χ0v) is 27.0. The molecule has 2 aromatic heterocycles. The predicted octanol–water partition coefficient (Wildman–Crippen LogP) is 7.05. The highest BCUT2D eigenvalue weighted by Crippen LogP contribution is 2.53. The Hall–Kier alpha value is -2.86. The minimum Gasteiger partial charge on any atom is -0.461 e. The van der Waals surface area contributed by atoms with Gasteiger partial charge in [0.15, 0.2) is 5.82 Å². The van der Waals surface area contributed by atoms with Crippen LogP contribution in [0.5, 0.6) is 6.01 Å². The average molecular weight is 669 g/mol. The number of nitrogens with zero attached hydrogens (tertiary/aromatic N) is 4. The van der Waals surface area contributed by atoms with E-state index in [9.17, 15) is 4.39 Å². The van der Waals surface area contributed by atoms with Gasteiger partial charge in [0.25, 0.3) is 0 Å². The largest absolute Gasteiger partial charge is 0.461 e. The highest BCUT2D eigenvalue weighted by molar-refractivity contribution is 7.23. The maximum absolute atomic E-state index is 17.1. The molecule has 4 aromatic rings. The molecule has 4 saturated heterocycles. The second-order valence-corrected chi connectivity index (χ2v) is 15.5. The SMILES string of the molecule is Nc1sc2c(F)ccc(-c3c(Cl)cc4c(N5CCC6CNC(C6)C5)nc(OC[C@@]56CCCN5C[C@H](F)C6)nc4c3F)c2c1C1CC1. The first kappa shape index (κ1) is 29.3. The fourth-order valence-corrected chi connectivity index (χ4v) is 10.1. The maximum Gasteiger partial charge on any atom is 0.319 e. The highest BCUT2D eigenvalue weighted by Gasteiger charge is 2.49. The van der Waals surface area contributed by atoms with Crippen LogP contribution in [0.2, 0.25) is 5.02 Å². The van der Waals surface area contributed by atoms with Crippen molar-refractivity contribution in [2.24, 2.45) is 5.92 Å². The summed E-state index contributed by atoms with van der Waals surface area (Å²) < 4.78 is 53.5. The molecule has 4 aliphatic heterocycles. The van der Waals surface area contributed by atoms with Gasteiger partial charge in [-0.15, -0.1) is 11.3 Å². The molecule has 2 aromatic carbocycles. The van der Waals surface area contributed by atoms with E-state index in [0.717, 1.165) is 70.3 Å². The quantitative estimate of drug-likeness (QED) is 0.228. The number of fused-ring (bicyclic) bond motifs is 5. The van der Waals surface area contributed by atoms with Crippen molar-refractivity contribution in [3.63, 3.8) is 0 Å². The molecule has 0 spiro atoms. The lowest BCUT2D eigenvalue weighted by Crippen LogP contribution is -2.43. The van der Waals surface area contributed by atoms with Crippen LogP contribution in [-0.2, 0) is 0 Å². The summed E-state index contributed by atoms with van der Waals surface area (Å²) in [5.41, 5.74) is 7.68. The van der Waals surface area contributed by atoms with Gasteiger partial charge in [-0.2, -0.15) is 9.97 Å². The first-order valence-electron chi connectivity index (χ1n) is 16.5. The normalized spacial score (nSPS) is 28.0. The van der Waals surface area contributed by atoms with Gasteiger partial charge < -0.3 is 20.7 Å². The number of rotatable bonds is 6. The van der Waals surface area contributed by atoms with E-state index in [-0.39, 0.29) is 40.5 Å². The summed E-state index contributed by atoms with van der Waals surface area (Å²) in [6, 6.07) is 5.09. The molecule has 5 aliphatic rings. The lowest BCUT2D eigenvalue weighted by atomic mass is 9.95. The summed E-state index contributed by atoms with van der Waals surface area (Å²) >= 11 is 8.19. The number of alkyl halides is 1. The minimum absolute atomic E-state index is 0.0725. The molecule has 7 nitrogen and oxygen atoms in total. The van der Waals surface area contributed by atoms with E-state index in [4.69, 9.17) is 27.1 Å². The number of anilines is 2. The number of hydrogen-bond acceptors (Lipinski definition) is 8. The molecule has 0 amide bonds. The van der Waals surface area contributed by atoms with Crippen molar-refractivity contribution in [3.05, 3.63) is 40.4 Å². The number of benzene rings is 2. The zero-order chi connectivity index (χ0) is 31.3. The third-order valence-corrected chi connectivity index (χ3v) is 12.4. The summed E-state index contributed by atoms with van der Waals surface area (Å²) in [4.78, 5) is 13.9. The molecule has 12 heteroatoms. The van der Waals surface area contributed by atoms with Crippen LogP contribution in [0, 0.1) is 17.6 Å². The van der Waals surface area contributed by atoms with E-state index < -0.39 is 17.5 Å². The lowest BCUT2D eigenvalue weighted by Gasteiger charge is -2.31. The molecule has 2 unspecified atom stereocenters. The molecule has 5 fully saturated rings. The monoisotopic (exact) mass is 668 g/mol. The smallest absolute Gasteiger partial charge is 0.319 e. The van der Waals surface area contributed by atoms with Gasteiger partial charge in [-0.25, -0.2) is 13.2 Å². The Balaban J connectivity index is 1.20. The number of nitrogens with two attached hydrogens (primary N) is 1. The molecular formula is C34H36ClF3N6OS. The van der Waals surface area contributed by atoms with Crippen molar-refractivity contribution in [2.75, 3.05) is 50.0 Å². The number of halogens is 4. The molecule has 9 rings (SSSR count). The van der Waals surface area contributed by atoms with Gasteiger partial charge in [0.05, 0.1) is 20.3 Å². The third-order valence-electron chi connectivity index (χ3n) is 11.0. The second kappa shape index (κ2) is 10.8. The molecule has 2 bridgehead atoms. The standard InChI is InChI=1S/C34H36ClF3N6OS/c35-23-11-22-29(28(38)26(23)21-4-5-24(37)30-27(21)25(18-2-3-18)31(39)46-30)41-33(45-16-34-7-1-8-44(34)14-19(36)12-34)42-32(22)43-9-6-17-10-20(15-43)40-13-17/h4-5,11,17-20,40H,1-3,6-10,12-16,39H2/t17?,19-,20?,34+/m1/s1. The topological polar surface area (TPSA) is 79.5 Å². The molecular weight excluding hydrogens is 633 g/mol. The number of hydrogen-bond donors (Lipinski definition) is 2. The number of aromatic nitrogens is 2. The summed E-state index contributed by atoms with van der Waals surface area (Å²) in [7, 11) is 0. The van der Waals surface area contributed by atoms with E-state index in [2.05, 4.69) is 20.1 Å². The van der Waals surface area contributed by atoms with Crippen LogP contribution in [-0.4, -0.2) is 72.0 Å². The summed E-state index contributed by atoms with van der Waals surface area (Å²) in [6.07, 6.45) is 5.37. The average Bonchev–Trinajstić information content (AvgIpc) is 3.38. The molecule has 1 saturated carbocycles. The Morgan fingerprint density at radius 1 is 1.15 bits per heavy atom. The van der Waals surface area contributed by atoms with Crippen LogP contribution < -0.4 is 20.7 Å². The number of ether oxygens (including phenoxy) is 1. The van der Waals surface area contributed by atoms with Crippen molar-refractivity contribution in [3.8, 4) is 17.1 Å². The molecule has 0 radical (unpaired) electrons. The van der Waals surface area contributed by atoms with Gasteiger partial charge in [-0.3, -0.25) is 4.90 Å². The molecule has 46 heavy (non-hydrogen) atoms. The number of thiophene rings is 1. The summed E-state index contributed by atoms with van der Waals surface area (Å²) in [6.45, 7) is 4.00. The number of nitrogen functional groups attached to an aromatic ring is 1. The first-order chi connectivity index (χ1) is 22.3. The van der Waals surface area contributed by atoms with E-state index in [1.165, 1.54) is 17.4 Å². The van der Waals surface area contributed by atoms with Crippen molar-refractivity contribution in [1.29, 1.82) is 0 Å². The summed E-state index contributed by atoms with van der Waals surface area (Å²) in [5, 5.41) is 5.52. The Morgan fingerprint density at radius 2 is 2.02 bits per heavy atom.